The Bertz CT molecular complexity index is 879. The average molecular weight is 374 g/mol. The molecule has 1 unspecified atom stereocenters. The summed E-state index contributed by atoms with van der Waals surface area (Å²) in [6.07, 6.45) is 0.0550. The minimum absolute atomic E-state index is 0.0550. The number of nitrogens with zero attached hydrogens (tertiary/aromatic N) is 2. The number of fused-ring (bicyclic) bond motifs is 1. The van der Waals surface area contributed by atoms with Gasteiger partial charge in [0.1, 0.15) is 0 Å². The number of nitrogens with one attached hydrogen (secondary N) is 1. The Morgan fingerprint density at radius 1 is 1.12 bits per heavy atom. The smallest absolute Gasteiger partial charge is 0.295 e. The summed E-state index contributed by atoms with van der Waals surface area (Å²) >= 11 is 2.73. The Hall–Kier alpha value is -2.12. The molecule has 0 saturated carbocycles. The van der Waals surface area contributed by atoms with Gasteiger partial charge in [-0.25, -0.2) is 0 Å². The molecule has 7 heteroatoms. The fourth-order valence-electron chi connectivity index (χ4n) is 2.21. The van der Waals surface area contributed by atoms with Crippen LogP contribution in [-0.2, 0) is 4.79 Å². The van der Waals surface area contributed by atoms with E-state index in [0.29, 0.717) is 5.19 Å². The van der Waals surface area contributed by atoms with Crippen molar-refractivity contribution in [2.24, 2.45) is 0 Å². The normalized spacial score (nSPS) is 12.3. The maximum Gasteiger partial charge on any atom is 0.295 e. The molecule has 0 aliphatic rings. The summed E-state index contributed by atoms with van der Waals surface area (Å²) in [6.45, 7) is 5.73. The van der Waals surface area contributed by atoms with Gasteiger partial charge in [-0.05, 0) is 55.0 Å². The van der Waals surface area contributed by atoms with Crippen molar-refractivity contribution in [1.82, 2.24) is 10.2 Å². The average Bonchev–Trinajstić information content (AvgIpc) is 3.00. The molecule has 3 rings (SSSR count). The van der Waals surface area contributed by atoms with Crippen molar-refractivity contribution in [2.75, 3.05) is 5.32 Å². The van der Waals surface area contributed by atoms with E-state index < -0.39 is 0 Å². The van der Waals surface area contributed by atoms with Crippen LogP contribution in [0.2, 0.25) is 0 Å². The fraction of sp³-hybridized carbons (Fsp3) is 0.278. The van der Waals surface area contributed by atoms with Gasteiger partial charge in [0.2, 0.25) is 5.91 Å². The van der Waals surface area contributed by atoms with E-state index in [1.165, 1.54) is 23.1 Å². The number of ether oxygens (including phenoxy) is 1. The number of thioether (sulfide) groups is 1. The van der Waals surface area contributed by atoms with Crippen LogP contribution in [-0.4, -0.2) is 27.5 Å². The van der Waals surface area contributed by atoms with Gasteiger partial charge < -0.3 is 10.1 Å². The molecule has 0 fully saturated rings. The summed E-state index contributed by atoms with van der Waals surface area (Å²) < 4.78 is 6.22. The predicted molar refractivity (Wildman–Crippen MR) is 104 cm³/mol. The molecule has 0 spiro atoms. The van der Waals surface area contributed by atoms with E-state index in [1.807, 2.05) is 63.2 Å². The topological polar surface area (TPSA) is 64.1 Å². The van der Waals surface area contributed by atoms with Gasteiger partial charge >= 0.3 is 0 Å². The summed E-state index contributed by atoms with van der Waals surface area (Å²) in [7, 11) is 0. The molecule has 130 valence electrons. The van der Waals surface area contributed by atoms with E-state index in [-0.39, 0.29) is 17.3 Å². The molecule has 1 atom stereocenters. The number of anilines is 1. The van der Waals surface area contributed by atoms with Crippen molar-refractivity contribution in [1.29, 1.82) is 0 Å². The standard InChI is InChI=1S/C18H19N3O2S2/c1-11(2)23-17-20-21-18(25-17)24-12(3)16(22)19-15-9-8-13-6-4-5-7-14(13)10-15/h4-12H,1-3H3,(H,19,22). The molecule has 1 heterocycles. The number of amides is 1. The van der Waals surface area contributed by atoms with Crippen LogP contribution in [0.5, 0.6) is 5.19 Å². The van der Waals surface area contributed by atoms with Crippen LogP contribution in [0.4, 0.5) is 5.69 Å². The zero-order valence-corrected chi connectivity index (χ0v) is 15.9. The van der Waals surface area contributed by atoms with Crippen molar-refractivity contribution in [3.63, 3.8) is 0 Å². The van der Waals surface area contributed by atoms with E-state index in [4.69, 9.17) is 4.74 Å². The van der Waals surface area contributed by atoms with Crippen molar-refractivity contribution >= 4 is 45.5 Å². The maximum atomic E-state index is 12.4. The molecular weight excluding hydrogens is 354 g/mol. The van der Waals surface area contributed by atoms with E-state index in [1.54, 1.807) is 0 Å². The first-order valence-electron chi connectivity index (χ1n) is 7.98. The number of benzene rings is 2. The summed E-state index contributed by atoms with van der Waals surface area (Å²) in [6, 6.07) is 14.0. The predicted octanol–water partition coefficient (Wildman–Crippen LogP) is 4.60. The van der Waals surface area contributed by atoms with Gasteiger partial charge in [-0.2, -0.15) is 0 Å². The van der Waals surface area contributed by atoms with E-state index >= 15 is 0 Å². The number of carbonyl (C=O) groups excluding carboxylic acids is 1. The van der Waals surface area contributed by atoms with Crippen LogP contribution < -0.4 is 10.1 Å². The molecule has 1 aromatic heterocycles. The summed E-state index contributed by atoms with van der Waals surface area (Å²) in [4.78, 5) is 12.4. The quantitative estimate of drug-likeness (QED) is 0.640. The second kappa shape index (κ2) is 7.84. The summed E-state index contributed by atoms with van der Waals surface area (Å²) in [5.74, 6) is -0.0678. The highest BCUT2D eigenvalue weighted by Crippen LogP contribution is 2.31. The Kier molecular flexibility index (Phi) is 5.55. The number of hydrogen-bond acceptors (Lipinski definition) is 6. The number of rotatable bonds is 6. The Morgan fingerprint density at radius 3 is 2.64 bits per heavy atom. The zero-order chi connectivity index (χ0) is 17.8. The van der Waals surface area contributed by atoms with Crippen molar-refractivity contribution in [3.8, 4) is 5.19 Å². The molecule has 5 nitrogen and oxygen atoms in total. The summed E-state index contributed by atoms with van der Waals surface area (Å²) in [5, 5.41) is 13.5. The molecule has 0 bridgehead atoms. The number of carbonyl (C=O) groups is 1. The van der Waals surface area contributed by atoms with Crippen molar-refractivity contribution in [2.45, 2.75) is 36.5 Å². The van der Waals surface area contributed by atoms with E-state index in [0.717, 1.165) is 20.8 Å². The van der Waals surface area contributed by atoms with Gasteiger partial charge in [0, 0.05) is 5.69 Å². The first kappa shape index (κ1) is 17.7. The third-order valence-corrected chi connectivity index (χ3v) is 5.39. The minimum Gasteiger partial charge on any atom is -0.466 e. The Balaban J connectivity index is 1.62. The van der Waals surface area contributed by atoms with Crippen LogP contribution >= 0.6 is 23.1 Å². The lowest BCUT2D eigenvalue weighted by Crippen LogP contribution is -2.22. The molecule has 3 aromatic rings. The third kappa shape index (κ3) is 4.70. The van der Waals surface area contributed by atoms with Crippen molar-refractivity contribution in [3.05, 3.63) is 42.5 Å². The Morgan fingerprint density at radius 2 is 1.88 bits per heavy atom. The SMILES string of the molecule is CC(C)Oc1nnc(SC(C)C(=O)Nc2ccc3ccccc3c2)s1. The zero-order valence-electron chi connectivity index (χ0n) is 14.2. The van der Waals surface area contributed by atoms with Crippen molar-refractivity contribution < 1.29 is 9.53 Å². The second-order valence-corrected chi connectivity index (χ2v) is 8.34. The largest absolute Gasteiger partial charge is 0.466 e. The van der Waals surface area contributed by atoms with Gasteiger partial charge in [0.15, 0.2) is 4.34 Å². The molecular formula is C18H19N3O2S2. The number of aromatic nitrogens is 2. The second-order valence-electron chi connectivity index (χ2n) is 5.81. The van der Waals surface area contributed by atoms with Crippen LogP contribution in [0, 0.1) is 0 Å². The van der Waals surface area contributed by atoms with Crippen LogP contribution in [0.3, 0.4) is 0 Å². The number of hydrogen-bond donors (Lipinski definition) is 1. The highest BCUT2D eigenvalue weighted by molar-refractivity contribution is 8.02. The lowest BCUT2D eigenvalue weighted by Gasteiger charge is -2.11. The van der Waals surface area contributed by atoms with Crippen LogP contribution in [0.15, 0.2) is 46.8 Å². The molecule has 0 aliphatic carbocycles. The molecule has 1 amide bonds. The van der Waals surface area contributed by atoms with Gasteiger partial charge in [-0.15, -0.1) is 5.10 Å². The van der Waals surface area contributed by atoms with Gasteiger partial charge in [0.25, 0.3) is 5.19 Å². The monoisotopic (exact) mass is 373 g/mol. The summed E-state index contributed by atoms with van der Waals surface area (Å²) in [5.41, 5.74) is 0.789. The van der Waals surface area contributed by atoms with Crippen LogP contribution in [0.25, 0.3) is 10.8 Å². The van der Waals surface area contributed by atoms with E-state index in [2.05, 4.69) is 15.5 Å². The molecule has 0 saturated heterocycles. The first-order valence-corrected chi connectivity index (χ1v) is 9.67. The maximum absolute atomic E-state index is 12.4. The van der Waals surface area contributed by atoms with Crippen LogP contribution in [0.1, 0.15) is 20.8 Å². The molecule has 25 heavy (non-hydrogen) atoms. The molecule has 2 aromatic carbocycles. The fourth-order valence-corrected chi connectivity index (χ4v) is 4.16. The molecule has 1 N–H and O–H groups in total. The van der Waals surface area contributed by atoms with Gasteiger partial charge in [-0.3, -0.25) is 4.79 Å². The van der Waals surface area contributed by atoms with E-state index in [9.17, 15) is 4.79 Å². The van der Waals surface area contributed by atoms with Gasteiger partial charge in [0.05, 0.1) is 11.4 Å². The minimum atomic E-state index is -0.286. The van der Waals surface area contributed by atoms with Gasteiger partial charge in [-0.1, -0.05) is 47.2 Å². The third-order valence-electron chi connectivity index (χ3n) is 3.39. The highest BCUT2D eigenvalue weighted by Gasteiger charge is 2.18. The first-order chi connectivity index (χ1) is 12.0. The lowest BCUT2D eigenvalue weighted by molar-refractivity contribution is -0.115. The lowest BCUT2D eigenvalue weighted by atomic mass is 10.1. The highest BCUT2D eigenvalue weighted by atomic mass is 32.2. The molecule has 0 aliphatic heterocycles. The Labute approximate surface area is 154 Å². The molecule has 0 radical (unpaired) electrons.